The normalized spacial score (nSPS) is 20.4. The van der Waals surface area contributed by atoms with Gasteiger partial charge in [0.05, 0.1) is 0 Å². The number of aryl methyl sites for hydroxylation is 1. The van der Waals surface area contributed by atoms with E-state index in [0.717, 1.165) is 24.5 Å². The lowest BCUT2D eigenvalue weighted by molar-refractivity contribution is 0.724. The van der Waals surface area contributed by atoms with Gasteiger partial charge < -0.3 is 4.90 Å². The fraction of sp³-hybridized carbons (Fsp3) is 0.615. The van der Waals surface area contributed by atoms with E-state index in [4.69, 9.17) is 16.6 Å². The number of rotatable bonds is 3. The van der Waals surface area contributed by atoms with Gasteiger partial charge in [-0.2, -0.15) is 0 Å². The van der Waals surface area contributed by atoms with E-state index < -0.39 is 0 Å². The maximum atomic E-state index is 5.92. The molecule has 0 N–H and O–H groups in total. The van der Waals surface area contributed by atoms with Gasteiger partial charge in [-0.05, 0) is 43.9 Å². The molecule has 1 saturated heterocycles. The number of alkyl halides is 1. The van der Waals surface area contributed by atoms with Crippen molar-refractivity contribution in [3.05, 3.63) is 23.4 Å². The fourth-order valence-electron chi connectivity index (χ4n) is 2.31. The molecule has 0 bridgehead atoms. The lowest BCUT2D eigenvalue weighted by Gasteiger charge is -2.23. The van der Waals surface area contributed by atoms with Crippen LogP contribution in [0.25, 0.3) is 0 Å². The van der Waals surface area contributed by atoms with Crippen molar-refractivity contribution in [1.82, 2.24) is 4.98 Å². The molecule has 0 aliphatic carbocycles. The van der Waals surface area contributed by atoms with E-state index in [-0.39, 0.29) is 0 Å². The Balaban J connectivity index is 2.31. The second kappa shape index (κ2) is 5.05. The standard InChI is InChI=1S/C13H19ClN2/c1-3-12-7-11(9-14)8-13(15-12)16-6-4-5-10(16)2/h7-8,10H,3-6,9H2,1-2H3. The van der Waals surface area contributed by atoms with Gasteiger partial charge in [0, 0.05) is 24.2 Å². The average Bonchev–Trinajstić information content (AvgIpc) is 2.74. The van der Waals surface area contributed by atoms with Crippen LogP contribution >= 0.6 is 11.6 Å². The van der Waals surface area contributed by atoms with Gasteiger partial charge in [-0.1, -0.05) is 6.92 Å². The maximum absolute atomic E-state index is 5.92. The van der Waals surface area contributed by atoms with Crippen molar-refractivity contribution in [2.24, 2.45) is 0 Å². The molecular weight excluding hydrogens is 220 g/mol. The Kier molecular flexibility index (Phi) is 3.70. The third kappa shape index (κ3) is 2.32. The molecule has 1 aromatic rings. The maximum Gasteiger partial charge on any atom is 0.129 e. The average molecular weight is 239 g/mol. The summed E-state index contributed by atoms with van der Waals surface area (Å²) in [5.74, 6) is 1.69. The molecular formula is C13H19ClN2. The Labute approximate surface area is 103 Å². The molecule has 0 radical (unpaired) electrons. The Morgan fingerprint density at radius 2 is 2.31 bits per heavy atom. The van der Waals surface area contributed by atoms with Crippen LogP contribution in [-0.4, -0.2) is 17.6 Å². The van der Waals surface area contributed by atoms with Crippen molar-refractivity contribution in [3.63, 3.8) is 0 Å². The monoisotopic (exact) mass is 238 g/mol. The number of anilines is 1. The molecule has 2 rings (SSSR count). The van der Waals surface area contributed by atoms with Crippen molar-refractivity contribution >= 4 is 17.4 Å². The minimum Gasteiger partial charge on any atom is -0.354 e. The van der Waals surface area contributed by atoms with Crippen LogP contribution in [0.3, 0.4) is 0 Å². The minimum absolute atomic E-state index is 0.574. The van der Waals surface area contributed by atoms with Gasteiger partial charge in [0.1, 0.15) is 5.82 Å². The van der Waals surface area contributed by atoms with Crippen molar-refractivity contribution in [2.75, 3.05) is 11.4 Å². The summed E-state index contributed by atoms with van der Waals surface area (Å²) in [5, 5.41) is 0. The highest BCUT2D eigenvalue weighted by atomic mass is 35.5. The quantitative estimate of drug-likeness (QED) is 0.751. The van der Waals surface area contributed by atoms with E-state index in [1.54, 1.807) is 0 Å². The summed E-state index contributed by atoms with van der Waals surface area (Å²) in [6, 6.07) is 4.85. The first-order valence-electron chi connectivity index (χ1n) is 6.07. The molecule has 0 saturated carbocycles. The minimum atomic E-state index is 0.574. The molecule has 2 heterocycles. The summed E-state index contributed by atoms with van der Waals surface area (Å²) < 4.78 is 0. The molecule has 16 heavy (non-hydrogen) atoms. The van der Waals surface area contributed by atoms with Gasteiger partial charge in [-0.15, -0.1) is 11.6 Å². The zero-order valence-corrected chi connectivity index (χ0v) is 10.8. The molecule has 1 fully saturated rings. The van der Waals surface area contributed by atoms with E-state index in [2.05, 4.69) is 30.9 Å². The number of nitrogens with zero attached hydrogens (tertiary/aromatic N) is 2. The largest absolute Gasteiger partial charge is 0.354 e. The van der Waals surface area contributed by atoms with Gasteiger partial charge >= 0.3 is 0 Å². The van der Waals surface area contributed by atoms with Gasteiger partial charge in [0.2, 0.25) is 0 Å². The zero-order valence-electron chi connectivity index (χ0n) is 10.0. The Morgan fingerprint density at radius 3 is 2.88 bits per heavy atom. The van der Waals surface area contributed by atoms with Gasteiger partial charge in [-0.25, -0.2) is 4.98 Å². The fourth-order valence-corrected chi connectivity index (χ4v) is 2.47. The number of halogens is 1. The number of hydrogen-bond acceptors (Lipinski definition) is 2. The van der Waals surface area contributed by atoms with Crippen LogP contribution in [0, 0.1) is 0 Å². The van der Waals surface area contributed by atoms with Gasteiger partial charge in [0.25, 0.3) is 0 Å². The highest BCUT2D eigenvalue weighted by Crippen LogP contribution is 2.25. The first kappa shape index (κ1) is 11.7. The molecule has 1 atom stereocenters. The Bertz CT molecular complexity index is 343. The lowest BCUT2D eigenvalue weighted by Crippen LogP contribution is -2.27. The van der Waals surface area contributed by atoms with Crippen molar-refractivity contribution < 1.29 is 0 Å². The van der Waals surface area contributed by atoms with Crippen molar-refractivity contribution in [2.45, 2.75) is 45.0 Å². The summed E-state index contributed by atoms with van der Waals surface area (Å²) in [7, 11) is 0. The molecule has 0 aromatic carbocycles. The summed E-state index contributed by atoms with van der Waals surface area (Å²) in [5.41, 5.74) is 2.33. The Morgan fingerprint density at radius 1 is 1.50 bits per heavy atom. The smallest absolute Gasteiger partial charge is 0.129 e. The molecule has 2 nitrogen and oxygen atoms in total. The van der Waals surface area contributed by atoms with E-state index in [9.17, 15) is 0 Å². The number of hydrogen-bond donors (Lipinski definition) is 0. The highest BCUT2D eigenvalue weighted by molar-refractivity contribution is 6.17. The van der Waals surface area contributed by atoms with Gasteiger partial charge in [0.15, 0.2) is 0 Å². The zero-order chi connectivity index (χ0) is 11.5. The molecule has 1 aliphatic rings. The Hall–Kier alpha value is -0.760. The predicted octanol–water partition coefficient (Wildman–Crippen LogP) is 3.37. The first-order valence-corrected chi connectivity index (χ1v) is 6.60. The number of pyridine rings is 1. The molecule has 0 spiro atoms. The molecule has 88 valence electrons. The topological polar surface area (TPSA) is 16.1 Å². The van der Waals surface area contributed by atoms with E-state index >= 15 is 0 Å². The van der Waals surface area contributed by atoms with Crippen LogP contribution in [0.15, 0.2) is 12.1 Å². The van der Waals surface area contributed by atoms with Gasteiger partial charge in [-0.3, -0.25) is 0 Å². The predicted molar refractivity (Wildman–Crippen MR) is 69.2 cm³/mol. The second-order valence-electron chi connectivity index (χ2n) is 4.50. The van der Waals surface area contributed by atoms with Crippen LogP contribution in [0.1, 0.15) is 37.9 Å². The number of aromatic nitrogens is 1. The SMILES string of the molecule is CCc1cc(CCl)cc(N2CCCC2C)n1. The molecule has 1 aliphatic heterocycles. The van der Waals surface area contributed by atoms with Crippen LogP contribution in [0.5, 0.6) is 0 Å². The van der Waals surface area contributed by atoms with Crippen LogP contribution in [-0.2, 0) is 12.3 Å². The highest BCUT2D eigenvalue weighted by Gasteiger charge is 2.21. The second-order valence-corrected chi connectivity index (χ2v) is 4.76. The van der Waals surface area contributed by atoms with Crippen molar-refractivity contribution in [1.29, 1.82) is 0 Å². The first-order chi connectivity index (χ1) is 7.74. The molecule has 1 aromatic heterocycles. The van der Waals surface area contributed by atoms with Crippen LogP contribution in [0.2, 0.25) is 0 Å². The molecule has 3 heteroatoms. The summed E-state index contributed by atoms with van der Waals surface area (Å²) >= 11 is 5.92. The third-order valence-corrected chi connectivity index (χ3v) is 3.60. The summed E-state index contributed by atoms with van der Waals surface area (Å²) in [6.07, 6.45) is 3.52. The van der Waals surface area contributed by atoms with E-state index in [1.165, 1.54) is 18.4 Å². The summed E-state index contributed by atoms with van der Waals surface area (Å²) in [4.78, 5) is 7.10. The lowest BCUT2D eigenvalue weighted by atomic mass is 10.2. The van der Waals surface area contributed by atoms with E-state index in [1.807, 2.05) is 0 Å². The van der Waals surface area contributed by atoms with Crippen LogP contribution < -0.4 is 4.90 Å². The molecule has 0 amide bonds. The van der Waals surface area contributed by atoms with E-state index in [0.29, 0.717) is 11.9 Å². The summed E-state index contributed by atoms with van der Waals surface area (Å²) in [6.45, 7) is 5.54. The van der Waals surface area contributed by atoms with Crippen molar-refractivity contribution in [3.8, 4) is 0 Å². The molecule has 1 unspecified atom stereocenters. The third-order valence-electron chi connectivity index (χ3n) is 3.29. The van der Waals surface area contributed by atoms with Crippen LogP contribution in [0.4, 0.5) is 5.82 Å².